The summed E-state index contributed by atoms with van der Waals surface area (Å²) in [6.45, 7) is 0. The monoisotopic (exact) mass is 421 g/mol. The number of halogens is 4. The van der Waals surface area contributed by atoms with Crippen LogP contribution in [0.2, 0.25) is 0 Å². The fourth-order valence-corrected chi connectivity index (χ4v) is 4.81. The number of pyridine rings is 1. The normalized spacial score (nSPS) is 30.4. The Labute approximate surface area is 163 Å². The van der Waals surface area contributed by atoms with Crippen LogP contribution in [0.3, 0.4) is 0 Å². The standard InChI is InChI=1S/C18H23F4N3O2S/c19-17(20)7-4-12(14-3-1-2-6-18(14,21)22)13(10-17)16(26)25-11-5-8-24-15(9-11)28(23)27/h5,8-9,12-14H,1-4,6-7,10,23H2,(H,24,25,26)/t12?,13-,14?,28?/m1/s1. The summed E-state index contributed by atoms with van der Waals surface area (Å²) in [6.07, 6.45) is 0.901. The van der Waals surface area contributed by atoms with E-state index < -0.39 is 59.3 Å². The second-order valence-corrected chi connectivity index (χ2v) is 8.66. The summed E-state index contributed by atoms with van der Waals surface area (Å²) < 4.78 is 68.3. The van der Waals surface area contributed by atoms with Crippen LogP contribution in [0.25, 0.3) is 0 Å². The van der Waals surface area contributed by atoms with Gasteiger partial charge in [0.2, 0.25) is 11.8 Å². The highest BCUT2D eigenvalue weighted by Gasteiger charge is 2.53. The Kier molecular flexibility index (Phi) is 6.09. The van der Waals surface area contributed by atoms with Gasteiger partial charge in [-0.1, -0.05) is 6.42 Å². The Balaban J connectivity index is 1.83. The Morgan fingerprint density at radius 1 is 1.21 bits per heavy atom. The van der Waals surface area contributed by atoms with Crippen molar-refractivity contribution in [2.75, 3.05) is 5.32 Å². The quantitative estimate of drug-likeness (QED) is 0.724. The lowest BCUT2D eigenvalue weighted by Gasteiger charge is -2.43. The molecule has 156 valence electrons. The maximum atomic E-state index is 14.5. The van der Waals surface area contributed by atoms with Gasteiger partial charge in [-0.2, -0.15) is 0 Å². The van der Waals surface area contributed by atoms with E-state index in [1.54, 1.807) is 0 Å². The van der Waals surface area contributed by atoms with Crippen LogP contribution in [-0.4, -0.2) is 26.9 Å². The van der Waals surface area contributed by atoms with E-state index in [0.717, 1.165) is 0 Å². The summed E-state index contributed by atoms with van der Waals surface area (Å²) in [5, 5.41) is 7.77. The second kappa shape index (κ2) is 8.06. The summed E-state index contributed by atoms with van der Waals surface area (Å²) in [7, 11) is -1.87. The molecule has 3 unspecified atom stereocenters. The molecule has 1 aromatic rings. The van der Waals surface area contributed by atoms with Crippen molar-refractivity contribution in [1.29, 1.82) is 0 Å². The summed E-state index contributed by atoms with van der Waals surface area (Å²) in [5.74, 6) is -9.85. The van der Waals surface area contributed by atoms with Crippen molar-refractivity contribution in [3.05, 3.63) is 18.3 Å². The SMILES string of the molecule is NS(=O)c1cc(NC(=O)[C@@H]2CC(F)(F)CCC2C2CCCCC2(F)F)ccn1. The van der Waals surface area contributed by atoms with E-state index in [-0.39, 0.29) is 30.0 Å². The number of hydrogen-bond acceptors (Lipinski definition) is 3. The molecule has 1 heterocycles. The average molecular weight is 421 g/mol. The summed E-state index contributed by atoms with van der Waals surface area (Å²) >= 11 is 0. The van der Waals surface area contributed by atoms with Gasteiger partial charge >= 0.3 is 0 Å². The van der Waals surface area contributed by atoms with Crippen molar-refractivity contribution in [2.45, 2.75) is 61.8 Å². The number of rotatable bonds is 4. The molecular formula is C18H23F4N3O2S. The predicted molar refractivity (Wildman–Crippen MR) is 96.1 cm³/mol. The van der Waals surface area contributed by atoms with Crippen LogP contribution in [0.15, 0.2) is 23.4 Å². The van der Waals surface area contributed by atoms with E-state index >= 15 is 0 Å². The lowest BCUT2D eigenvalue weighted by molar-refractivity contribution is -0.156. The molecule has 0 aliphatic heterocycles. The van der Waals surface area contributed by atoms with E-state index in [0.29, 0.717) is 12.8 Å². The molecule has 2 saturated carbocycles. The minimum Gasteiger partial charge on any atom is -0.326 e. The smallest absolute Gasteiger partial charge is 0.251 e. The summed E-state index contributed by atoms with van der Waals surface area (Å²) in [5.41, 5.74) is 0.192. The zero-order valence-electron chi connectivity index (χ0n) is 15.2. The van der Waals surface area contributed by atoms with Gasteiger partial charge in [-0.25, -0.2) is 31.9 Å². The van der Waals surface area contributed by atoms with Crippen molar-refractivity contribution in [3.8, 4) is 0 Å². The number of alkyl halides is 4. The zero-order chi connectivity index (χ0) is 20.5. The van der Waals surface area contributed by atoms with Gasteiger partial charge in [0, 0.05) is 43.0 Å². The highest BCUT2D eigenvalue weighted by molar-refractivity contribution is 7.82. The molecule has 4 atom stereocenters. The molecule has 28 heavy (non-hydrogen) atoms. The second-order valence-electron chi connectivity index (χ2n) is 7.65. The molecule has 1 aromatic heterocycles. The molecule has 3 N–H and O–H groups in total. The number of nitrogens with one attached hydrogen (secondary N) is 1. The van der Waals surface area contributed by atoms with E-state index in [2.05, 4.69) is 10.3 Å². The van der Waals surface area contributed by atoms with Crippen LogP contribution in [-0.2, 0) is 15.8 Å². The minimum absolute atomic E-state index is 0.0159. The minimum atomic E-state index is -3.06. The van der Waals surface area contributed by atoms with Crippen molar-refractivity contribution in [2.24, 2.45) is 22.9 Å². The van der Waals surface area contributed by atoms with E-state index in [1.165, 1.54) is 18.3 Å². The van der Waals surface area contributed by atoms with E-state index in [9.17, 15) is 26.6 Å². The third kappa shape index (κ3) is 4.71. The fraction of sp³-hybridized carbons (Fsp3) is 0.667. The molecule has 3 rings (SSSR count). The first-order chi connectivity index (χ1) is 13.1. The molecule has 2 aliphatic rings. The first-order valence-corrected chi connectivity index (χ1v) is 10.5. The Bertz CT molecular complexity index is 762. The van der Waals surface area contributed by atoms with E-state index in [4.69, 9.17) is 5.14 Å². The largest absolute Gasteiger partial charge is 0.326 e. The molecule has 0 aromatic carbocycles. The molecule has 0 saturated heterocycles. The van der Waals surface area contributed by atoms with Gasteiger partial charge in [0.25, 0.3) is 5.92 Å². The third-order valence-electron chi connectivity index (χ3n) is 5.76. The van der Waals surface area contributed by atoms with Gasteiger partial charge in [-0.05, 0) is 37.3 Å². The average Bonchev–Trinajstić information content (AvgIpc) is 2.61. The Morgan fingerprint density at radius 2 is 1.96 bits per heavy atom. The zero-order valence-corrected chi connectivity index (χ0v) is 16.0. The van der Waals surface area contributed by atoms with Gasteiger partial charge in [-0.3, -0.25) is 4.79 Å². The number of hydrogen-bond donors (Lipinski definition) is 2. The van der Waals surface area contributed by atoms with Gasteiger partial charge < -0.3 is 5.32 Å². The maximum absolute atomic E-state index is 14.5. The molecule has 10 heteroatoms. The third-order valence-corrected chi connectivity index (χ3v) is 6.39. The van der Waals surface area contributed by atoms with Gasteiger partial charge in [0.1, 0.15) is 16.0 Å². The van der Waals surface area contributed by atoms with Gasteiger partial charge in [0.05, 0.1) is 0 Å². The van der Waals surface area contributed by atoms with Crippen LogP contribution in [0.5, 0.6) is 0 Å². The highest BCUT2D eigenvalue weighted by Crippen LogP contribution is 2.51. The number of nitrogens with two attached hydrogens (primary N) is 1. The lowest BCUT2D eigenvalue weighted by Crippen LogP contribution is -2.47. The van der Waals surface area contributed by atoms with Crippen LogP contribution in [0, 0.1) is 17.8 Å². The first kappa shape index (κ1) is 21.2. The van der Waals surface area contributed by atoms with Crippen molar-refractivity contribution < 1.29 is 26.6 Å². The van der Waals surface area contributed by atoms with E-state index in [1.807, 2.05) is 0 Å². The van der Waals surface area contributed by atoms with Crippen LogP contribution >= 0.6 is 0 Å². The fourth-order valence-electron chi connectivity index (χ4n) is 4.40. The topological polar surface area (TPSA) is 85.1 Å². The molecule has 2 fully saturated rings. The van der Waals surface area contributed by atoms with Crippen LogP contribution in [0.1, 0.15) is 44.9 Å². The summed E-state index contributed by atoms with van der Waals surface area (Å²) in [6, 6.07) is 2.68. The van der Waals surface area contributed by atoms with Gasteiger partial charge in [-0.15, -0.1) is 0 Å². The number of carbonyl (C=O) groups is 1. The van der Waals surface area contributed by atoms with Crippen LogP contribution in [0.4, 0.5) is 23.2 Å². The van der Waals surface area contributed by atoms with Crippen molar-refractivity contribution in [1.82, 2.24) is 4.98 Å². The number of aromatic nitrogens is 1. The van der Waals surface area contributed by atoms with Gasteiger partial charge in [0.15, 0.2) is 0 Å². The van der Waals surface area contributed by atoms with Crippen LogP contribution < -0.4 is 10.5 Å². The molecule has 0 radical (unpaired) electrons. The molecule has 2 aliphatic carbocycles. The molecule has 1 amide bonds. The molecular weight excluding hydrogens is 398 g/mol. The first-order valence-electron chi connectivity index (χ1n) is 9.28. The molecule has 0 bridgehead atoms. The highest BCUT2D eigenvalue weighted by atomic mass is 32.2. The number of carbonyl (C=O) groups excluding carboxylic acids is 1. The maximum Gasteiger partial charge on any atom is 0.251 e. The Morgan fingerprint density at radius 3 is 2.64 bits per heavy atom. The number of nitrogens with zero attached hydrogens (tertiary/aromatic N) is 1. The lowest BCUT2D eigenvalue weighted by atomic mass is 9.65. The number of amides is 1. The molecule has 0 spiro atoms. The van der Waals surface area contributed by atoms with Crippen molar-refractivity contribution in [3.63, 3.8) is 0 Å². The summed E-state index contributed by atoms with van der Waals surface area (Å²) in [4.78, 5) is 16.6. The Hall–Kier alpha value is -1.55. The predicted octanol–water partition coefficient (Wildman–Crippen LogP) is 3.88. The number of anilines is 1. The molecule has 5 nitrogen and oxygen atoms in total. The van der Waals surface area contributed by atoms with Crippen molar-refractivity contribution >= 4 is 22.6 Å².